The van der Waals surface area contributed by atoms with E-state index in [1.165, 1.54) is 0 Å². The SMILES string of the molecule is OCCOc1ccc(C2OC2c2ccc(OCCO)cc2)cc1. The zero-order valence-corrected chi connectivity index (χ0v) is 12.7. The molecule has 0 spiro atoms. The van der Waals surface area contributed by atoms with Gasteiger partial charge in [-0.3, -0.25) is 0 Å². The van der Waals surface area contributed by atoms with E-state index in [9.17, 15) is 0 Å². The van der Waals surface area contributed by atoms with Crippen LogP contribution in [0.5, 0.6) is 11.5 Å². The van der Waals surface area contributed by atoms with Crippen molar-refractivity contribution in [3.8, 4) is 11.5 Å². The number of epoxide rings is 1. The monoisotopic (exact) mass is 316 g/mol. The van der Waals surface area contributed by atoms with Crippen LogP contribution in [0.3, 0.4) is 0 Å². The third kappa shape index (κ3) is 4.01. The highest BCUT2D eigenvalue weighted by atomic mass is 16.6. The van der Waals surface area contributed by atoms with Crippen LogP contribution in [0, 0.1) is 0 Å². The van der Waals surface area contributed by atoms with E-state index < -0.39 is 0 Å². The molecule has 1 heterocycles. The van der Waals surface area contributed by atoms with Gasteiger partial charge in [0.05, 0.1) is 13.2 Å². The van der Waals surface area contributed by atoms with E-state index in [0.29, 0.717) is 13.2 Å². The lowest BCUT2D eigenvalue weighted by Crippen LogP contribution is -2.01. The summed E-state index contributed by atoms with van der Waals surface area (Å²) in [5, 5.41) is 17.5. The van der Waals surface area contributed by atoms with Crippen molar-refractivity contribution in [3.63, 3.8) is 0 Å². The maximum absolute atomic E-state index is 8.74. The van der Waals surface area contributed by atoms with Crippen LogP contribution >= 0.6 is 0 Å². The minimum atomic E-state index is 0.00752. The van der Waals surface area contributed by atoms with Crippen molar-refractivity contribution in [1.82, 2.24) is 0 Å². The van der Waals surface area contributed by atoms with Gasteiger partial charge in [-0.2, -0.15) is 0 Å². The number of aliphatic hydroxyl groups is 2. The summed E-state index contributed by atoms with van der Waals surface area (Å²) in [6.07, 6.45) is 0.122. The maximum Gasteiger partial charge on any atom is 0.119 e. The van der Waals surface area contributed by atoms with E-state index in [1.807, 2.05) is 48.5 Å². The van der Waals surface area contributed by atoms with E-state index >= 15 is 0 Å². The second-order valence-corrected chi connectivity index (χ2v) is 5.26. The summed E-state index contributed by atoms with van der Waals surface area (Å²) < 4.78 is 16.5. The van der Waals surface area contributed by atoms with Crippen LogP contribution < -0.4 is 9.47 Å². The normalized spacial score (nSPS) is 19.4. The van der Waals surface area contributed by atoms with E-state index in [1.54, 1.807) is 0 Å². The van der Waals surface area contributed by atoms with Crippen LogP contribution in [0.2, 0.25) is 0 Å². The smallest absolute Gasteiger partial charge is 0.119 e. The van der Waals surface area contributed by atoms with Crippen molar-refractivity contribution in [1.29, 1.82) is 0 Å². The Kier molecular flexibility index (Phi) is 5.12. The van der Waals surface area contributed by atoms with Crippen LogP contribution in [0.4, 0.5) is 0 Å². The highest BCUT2D eigenvalue weighted by Gasteiger charge is 2.41. The van der Waals surface area contributed by atoms with Crippen LogP contribution in [0.25, 0.3) is 0 Å². The average Bonchev–Trinajstić information content (AvgIpc) is 3.40. The highest BCUT2D eigenvalue weighted by molar-refractivity contribution is 5.36. The zero-order chi connectivity index (χ0) is 16.1. The molecule has 5 heteroatoms. The van der Waals surface area contributed by atoms with Crippen molar-refractivity contribution in [2.75, 3.05) is 26.4 Å². The molecule has 2 N–H and O–H groups in total. The van der Waals surface area contributed by atoms with Gasteiger partial charge in [-0.05, 0) is 35.4 Å². The molecule has 2 aromatic carbocycles. The van der Waals surface area contributed by atoms with Crippen LogP contribution in [0.1, 0.15) is 23.3 Å². The molecule has 23 heavy (non-hydrogen) atoms. The quantitative estimate of drug-likeness (QED) is 0.731. The molecule has 1 fully saturated rings. The van der Waals surface area contributed by atoms with Gasteiger partial charge >= 0.3 is 0 Å². The van der Waals surface area contributed by atoms with Gasteiger partial charge in [0.2, 0.25) is 0 Å². The van der Waals surface area contributed by atoms with Gasteiger partial charge < -0.3 is 24.4 Å². The van der Waals surface area contributed by atoms with Crippen LogP contribution in [-0.2, 0) is 4.74 Å². The Hall–Kier alpha value is -2.08. The lowest BCUT2D eigenvalue weighted by molar-refractivity contribution is 0.201. The number of hydrogen-bond acceptors (Lipinski definition) is 5. The molecule has 0 aromatic heterocycles. The van der Waals surface area contributed by atoms with E-state index in [4.69, 9.17) is 24.4 Å². The summed E-state index contributed by atoms with van der Waals surface area (Å²) in [5.74, 6) is 1.48. The van der Waals surface area contributed by atoms with Gasteiger partial charge in [0.15, 0.2) is 0 Å². The lowest BCUT2D eigenvalue weighted by Gasteiger charge is -2.05. The number of benzene rings is 2. The first-order valence-corrected chi connectivity index (χ1v) is 7.64. The van der Waals surface area contributed by atoms with Crippen molar-refractivity contribution in [2.24, 2.45) is 0 Å². The highest BCUT2D eigenvalue weighted by Crippen LogP contribution is 2.51. The predicted octanol–water partition coefficient (Wildman–Crippen LogP) is 2.24. The Labute approximate surface area is 135 Å². The van der Waals surface area contributed by atoms with E-state index in [-0.39, 0.29) is 25.4 Å². The van der Waals surface area contributed by atoms with Crippen LogP contribution in [-0.4, -0.2) is 36.6 Å². The first kappa shape index (κ1) is 15.8. The summed E-state index contributed by atoms with van der Waals surface area (Å²) in [4.78, 5) is 0. The molecule has 0 bridgehead atoms. The predicted molar refractivity (Wildman–Crippen MR) is 84.6 cm³/mol. The maximum atomic E-state index is 8.74. The molecule has 3 rings (SSSR count). The molecule has 2 unspecified atom stereocenters. The standard InChI is InChI=1S/C18H20O5/c19-9-11-21-15-5-1-13(2-6-15)17-18(23-17)14-3-7-16(8-4-14)22-12-10-20/h1-8,17-20H,9-12H2. The summed E-state index contributed by atoms with van der Waals surface area (Å²) in [6, 6.07) is 15.5. The molecule has 2 atom stereocenters. The third-order valence-corrected chi connectivity index (χ3v) is 3.63. The van der Waals surface area contributed by atoms with Gasteiger partial charge in [0.1, 0.15) is 36.9 Å². The Bertz CT molecular complexity index is 553. The van der Waals surface area contributed by atoms with Gasteiger partial charge in [0.25, 0.3) is 0 Å². The molecule has 122 valence electrons. The molecular formula is C18H20O5. The summed E-state index contributed by atoms with van der Waals surface area (Å²) in [7, 11) is 0. The van der Waals surface area contributed by atoms with Gasteiger partial charge in [-0.15, -0.1) is 0 Å². The summed E-state index contributed by atoms with van der Waals surface area (Å²) in [5.41, 5.74) is 2.21. The molecule has 1 saturated heterocycles. The molecule has 0 radical (unpaired) electrons. The molecule has 2 aromatic rings. The van der Waals surface area contributed by atoms with Crippen molar-refractivity contribution in [3.05, 3.63) is 59.7 Å². The fourth-order valence-electron chi connectivity index (χ4n) is 2.45. The molecule has 5 nitrogen and oxygen atoms in total. The van der Waals surface area contributed by atoms with E-state index in [0.717, 1.165) is 22.6 Å². The Morgan fingerprint density at radius 2 is 1.09 bits per heavy atom. The molecule has 1 aliphatic rings. The first-order valence-electron chi connectivity index (χ1n) is 7.64. The topological polar surface area (TPSA) is 71.5 Å². The molecule has 1 aliphatic heterocycles. The minimum absolute atomic E-state index is 0.00752. The Balaban J connectivity index is 1.58. The third-order valence-electron chi connectivity index (χ3n) is 3.63. The lowest BCUT2D eigenvalue weighted by atomic mass is 10.0. The number of ether oxygens (including phenoxy) is 3. The Morgan fingerprint density at radius 3 is 1.43 bits per heavy atom. The fraction of sp³-hybridized carbons (Fsp3) is 0.333. The molecular weight excluding hydrogens is 296 g/mol. The number of hydrogen-bond donors (Lipinski definition) is 2. The number of rotatable bonds is 8. The Morgan fingerprint density at radius 1 is 0.696 bits per heavy atom. The van der Waals surface area contributed by atoms with Crippen molar-refractivity contribution < 1.29 is 24.4 Å². The van der Waals surface area contributed by atoms with Crippen molar-refractivity contribution in [2.45, 2.75) is 12.2 Å². The van der Waals surface area contributed by atoms with Gasteiger partial charge in [-0.25, -0.2) is 0 Å². The molecule has 0 amide bonds. The van der Waals surface area contributed by atoms with Gasteiger partial charge in [-0.1, -0.05) is 24.3 Å². The summed E-state index contributed by atoms with van der Waals surface area (Å²) in [6.45, 7) is 0.611. The largest absolute Gasteiger partial charge is 0.491 e. The minimum Gasteiger partial charge on any atom is -0.491 e. The van der Waals surface area contributed by atoms with E-state index in [2.05, 4.69) is 0 Å². The summed E-state index contributed by atoms with van der Waals surface area (Å²) >= 11 is 0. The second kappa shape index (κ2) is 7.46. The zero-order valence-electron chi connectivity index (χ0n) is 12.7. The van der Waals surface area contributed by atoms with Crippen LogP contribution in [0.15, 0.2) is 48.5 Å². The average molecular weight is 316 g/mol. The first-order chi connectivity index (χ1) is 11.3. The van der Waals surface area contributed by atoms with Gasteiger partial charge in [0, 0.05) is 0 Å². The molecule has 0 saturated carbocycles. The van der Waals surface area contributed by atoms with Crippen molar-refractivity contribution >= 4 is 0 Å². The molecule has 0 aliphatic carbocycles. The fourth-order valence-corrected chi connectivity index (χ4v) is 2.45. The second-order valence-electron chi connectivity index (χ2n) is 5.26. The number of aliphatic hydroxyl groups excluding tert-OH is 2.